The van der Waals surface area contributed by atoms with Crippen LogP contribution in [0.4, 0.5) is 5.69 Å². The van der Waals surface area contributed by atoms with Crippen LogP contribution >= 0.6 is 0 Å². The molecule has 0 atom stereocenters. The summed E-state index contributed by atoms with van der Waals surface area (Å²) in [7, 11) is 0. The lowest BCUT2D eigenvalue weighted by Crippen LogP contribution is -2.30. The Labute approximate surface area is 168 Å². The molecule has 2 aromatic rings. The highest BCUT2D eigenvalue weighted by atomic mass is 16.5. The number of para-hydroxylation sites is 1. The van der Waals surface area contributed by atoms with Gasteiger partial charge in [-0.3, -0.25) is 4.79 Å². The van der Waals surface area contributed by atoms with Gasteiger partial charge in [0.1, 0.15) is 24.7 Å². The van der Waals surface area contributed by atoms with Gasteiger partial charge in [0.2, 0.25) is 5.91 Å². The zero-order chi connectivity index (χ0) is 19.9. The number of benzene rings is 2. The number of nitrogens with one attached hydrogen (secondary N) is 2. The molecule has 0 heterocycles. The van der Waals surface area contributed by atoms with E-state index in [4.69, 9.17) is 9.47 Å². The minimum Gasteiger partial charge on any atom is -0.490 e. The molecule has 0 fully saturated rings. The molecule has 28 heavy (non-hydrogen) atoms. The van der Waals surface area contributed by atoms with Crippen molar-refractivity contribution in [1.82, 2.24) is 5.32 Å². The SMILES string of the molecule is CCCCCCCNC(=O)CNc1cccc(OCCOc2ccccc2)c1. The summed E-state index contributed by atoms with van der Waals surface area (Å²) in [6.07, 6.45) is 5.97. The molecule has 0 bridgehead atoms. The van der Waals surface area contributed by atoms with Crippen LogP contribution in [0.5, 0.6) is 11.5 Å². The first-order valence-corrected chi connectivity index (χ1v) is 10.2. The molecule has 5 heteroatoms. The molecule has 0 aliphatic carbocycles. The van der Waals surface area contributed by atoms with Crippen LogP contribution in [0.15, 0.2) is 54.6 Å². The molecule has 2 N–H and O–H groups in total. The van der Waals surface area contributed by atoms with Gasteiger partial charge in [-0.15, -0.1) is 0 Å². The monoisotopic (exact) mass is 384 g/mol. The highest BCUT2D eigenvalue weighted by molar-refractivity contribution is 5.80. The highest BCUT2D eigenvalue weighted by Crippen LogP contribution is 2.17. The quantitative estimate of drug-likeness (QED) is 0.466. The Kier molecular flexibility index (Phi) is 10.4. The molecule has 0 spiro atoms. The lowest BCUT2D eigenvalue weighted by molar-refractivity contribution is -0.119. The molecule has 0 aromatic heterocycles. The van der Waals surface area contributed by atoms with Crippen molar-refractivity contribution < 1.29 is 14.3 Å². The van der Waals surface area contributed by atoms with E-state index >= 15 is 0 Å². The summed E-state index contributed by atoms with van der Waals surface area (Å²) < 4.78 is 11.3. The van der Waals surface area contributed by atoms with E-state index in [0.717, 1.165) is 30.2 Å². The number of unbranched alkanes of at least 4 members (excludes halogenated alkanes) is 4. The molecular weight excluding hydrogens is 352 g/mol. The van der Waals surface area contributed by atoms with Gasteiger partial charge in [0, 0.05) is 18.3 Å². The Hall–Kier alpha value is -2.69. The van der Waals surface area contributed by atoms with Crippen LogP contribution in [-0.2, 0) is 4.79 Å². The van der Waals surface area contributed by atoms with Crippen molar-refractivity contribution >= 4 is 11.6 Å². The molecule has 0 radical (unpaired) electrons. The minimum absolute atomic E-state index is 0.0121. The molecule has 0 aliphatic heterocycles. The van der Waals surface area contributed by atoms with Crippen molar-refractivity contribution in [3.63, 3.8) is 0 Å². The maximum atomic E-state index is 11.9. The lowest BCUT2D eigenvalue weighted by Gasteiger charge is -2.11. The number of amides is 1. The summed E-state index contributed by atoms with van der Waals surface area (Å²) in [6, 6.07) is 17.3. The summed E-state index contributed by atoms with van der Waals surface area (Å²) in [5, 5.41) is 6.09. The Morgan fingerprint density at radius 1 is 0.857 bits per heavy atom. The number of hydrogen-bond donors (Lipinski definition) is 2. The van der Waals surface area contributed by atoms with Gasteiger partial charge in [0.25, 0.3) is 0 Å². The van der Waals surface area contributed by atoms with E-state index in [-0.39, 0.29) is 12.5 Å². The third-order valence-electron chi connectivity index (χ3n) is 4.25. The van der Waals surface area contributed by atoms with Crippen molar-refractivity contribution in [1.29, 1.82) is 0 Å². The molecule has 0 saturated heterocycles. The molecule has 5 nitrogen and oxygen atoms in total. The Morgan fingerprint density at radius 3 is 2.36 bits per heavy atom. The van der Waals surface area contributed by atoms with Crippen LogP contribution in [0.1, 0.15) is 39.0 Å². The fourth-order valence-electron chi connectivity index (χ4n) is 2.73. The van der Waals surface area contributed by atoms with Crippen LogP contribution in [-0.4, -0.2) is 32.2 Å². The van der Waals surface area contributed by atoms with E-state index in [9.17, 15) is 4.79 Å². The summed E-state index contributed by atoms with van der Waals surface area (Å²) >= 11 is 0. The van der Waals surface area contributed by atoms with E-state index in [1.165, 1.54) is 25.7 Å². The maximum Gasteiger partial charge on any atom is 0.239 e. The van der Waals surface area contributed by atoms with Crippen LogP contribution in [0.3, 0.4) is 0 Å². The minimum atomic E-state index is 0.0121. The van der Waals surface area contributed by atoms with Gasteiger partial charge >= 0.3 is 0 Å². The number of anilines is 1. The zero-order valence-electron chi connectivity index (χ0n) is 16.8. The van der Waals surface area contributed by atoms with Crippen molar-refractivity contribution in [3.05, 3.63) is 54.6 Å². The maximum absolute atomic E-state index is 11.9. The standard InChI is InChI=1S/C23H32N2O3/c1-2-3-4-5-9-15-24-23(26)19-25-20-11-10-14-22(18-20)28-17-16-27-21-12-7-6-8-13-21/h6-8,10-14,18,25H,2-5,9,15-17,19H2,1H3,(H,24,26). The van der Waals surface area contributed by atoms with Gasteiger partial charge in [-0.05, 0) is 30.7 Å². The smallest absolute Gasteiger partial charge is 0.239 e. The molecule has 0 unspecified atom stereocenters. The second-order valence-electron chi connectivity index (χ2n) is 6.66. The average Bonchev–Trinajstić information content (AvgIpc) is 2.73. The van der Waals surface area contributed by atoms with Crippen molar-refractivity contribution in [3.8, 4) is 11.5 Å². The largest absolute Gasteiger partial charge is 0.490 e. The van der Waals surface area contributed by atoms with E-state index in [1.807, 2.05) is 54.6 Å². The van der Waals surface area contributed by atoms with Gasteiger partial charge in [-0.2, -0.15) is 0 Å². The summed E-state index contributed by atoms with van der Waals surface area (Å²) in [4.78, 5) is 11.9. The number of hydrogen-bond acceptors (Lipinski definition) is 4. The molecule has 0 aliphatic rings. The third kappa shape index (κ3) is 9.31. The Balaban J connectivity index is 1.60. The van der Waals surface area contributed by atoms with Gasteiger partial charge in [0.15, 0.2) is 0 Å². The predicted octanol–water partition coefficient (Wildman–Crippen LogP) is 4.64. The van der Waals surface area contributed by atoms with Crippen LogP contribution in [0.2, 0.25) is 0 Å². The third-order valence-corrected chi connectivity index (χ3v) is 4.25. The molecule has 1 amide bonds. The van der Waals surface area contributed by atoms with E-state index in [2.05, 4.69) is 17.6 Å². The second-order valence-corrected chi connectivity index (χ2v) is 6.66. The molecule has 0 saturated carbocycles. The van der Waals surface area contributed by atoms with Crippen molar-refractivity contribution in [2.24, 2.45) is 0 Å². The zero-order valence-corrected chi connectivity index (χ0v) is 16.8. The lowest BCUT2D eigenvalue weighted by atomic mass is 10.1. The fraction of sp³-hybridized carbons (Fsp3) is 0.435. The van der Waals surface area contributed by atoms with Crippen molar-refractivity contribution in [2.45, 2.75) is 39.0 Å². The first kappa shape index (κ1) is 21.6. The summed E-state index contributed by atoms with van der Waals surface area (Å²) in [5.41, 5.74) is 0.861. The highest BCUT2D eigenvalue weighted by Gasteiger charge is 2.02. The normalized spacial score (nSPS) is 10.3. The summed E-state index contributed by atoms with van der Waals surface area (Å²) in [5.74, 6) is 1.59. The van der Waals surface area contributed by atoms with Gasteiger partial charge < -0.3 is 20.1 Å². The van der Waals surface area contributed by atoms with E-state index in [0.29, 0.717) is 13.2 Å². The molecular formula is C23H32N2O3. The Morgan fingerprint density at radius 2 is 1.57 bits per heavy atom. The predicted molar refractivity (Wildman–Crippen MR) is 114 cm³/mol. The Bertz CT molecular complexity index is 677. The summed E-state index contributed by atoms with van der Waals surface area (Å²) in [6.45, 7) is 4.13. The fourth-order valence-corrected chi connectivity index (χ4v) is 2.73. The van der Waals surface area contributed by atoms with Crippen LogP contribution < -0.4 is 20.1 Å². The number of rotatable bonds is 14. The first-order chi connectivity index (χ1) is 13.8. The molecule has 2 aromatic carbocycles. The molecule has 2 rings (SSSR count). The van der Waals surface area contributed by atoms with Crippen LogP contribution in [0.25, 0.3) is 0 Å². The van der Waals surface area contributed by atoms with E-state index in [1.54, 1.807) is 0 Å². The van der Waals surface area contributed by atoms with Gasteiger partial charge in [-0.1, -0.05) is 56.9 Å². The van der Waals surface area contributed by atoms with E-state index < -0.39 is 0 Å². The van der Waals surface area contributed by atoms with Crippen molar-refractivity contribution in [2.75, 3.05) is 31.6 Å². The van der Waals surface area contributed by atoms with Gasteiger partial charge in [0.05, 0.1) is 6.54 Å². The average molecular weight is 385 g/mol. The molecule has 152 valence electrons. The second kappa shape index (κ2) is 13.5. The number of carbonyl (C=O) groups is 1. The topological polar surface area (TPSA) is 59.6 Å². The van der Waals surface area contributed by atoms with Gasteiger partial charge in [-0.25, -0.2) is 0 Å². The number of carbonyl (C=O) groups excluding carboxylic acids is 1. The first-order valence-electron chi connectivity index (χ1n) is 10.2. The van der Waals surface area contributed by atoms with Crippen LogP contribution in [0, 0.1) is 0 Å². The number of ether oxygens (including phenoxy) is 2.